The van der Waals surface area contributed by atoms with Crippen LogP contribution in [0.4, 0.5) is 5.69 Å². The predicted octanol–water partition coefficient (Wildman–Crippen LogP) is 3.95. The Morgan fingerprint density at radius 1 is 1.17 bits per heavy atom. The molecule has 0 unspecified atom stereocenters. The van der Waals surface area contributed by atoms with E-state index in [0.717, 1.165) is 15.6 Å². The normalized spacial score (nSPS) is 10.5. The smallest absolute Gasteiger partial charge is 0.331 e. The summed E-state index contributed by atoms with van der Waals surface area (Å²) in [4.78, 5) is 23.3. The maximum absolute atomic E-state index is 11.8. The van der Waals surface area contributed by atoms with Crippen LogP contribution >= 0.6 is 15.9 Å². The zero-order valence-corrected chi connectivity index (χ0v) is 14.2. The quantitative estimate of drug-likeness (QED) is 0.637. The van der Waals surface area contributed by atoms with Gasteiger partial charge in [0.25, 0.3) is 5.91 Å². The van der Waals surface area contributed by atoms with Crippen molar-refractivity contribution < 1.29 is 14.3 Å². The van der Waals surface area contributed by atoms with E-state index >= 15 is 0 Å². The lowest BCUT2D eigenvalue weighted by Gasteiger charge is -2.07. The Balaban J connectivity index is 1.80. The van der Waals surface area contributed by atoms with E-state index in [1.807, 2.05) is 49.4 Å². The Morgan fingerprint density at radius 2 is 1.91 bits per heavy atom. The van der Waals surface area contributed by atoms with E-state index in [2.05, 4.69) is 21.2 Å². The molecule has 0 bridgehead atoms. The minimum absolute atomic E-state index is 0.326. The van der Waals surface area contributed by atoms with E-state index in [4.69, 9.17) is 4.74 Å². The van der Waals surface area contributed by atoms with E-state index in [9.17, 15) is 9.59 Å². The number of benzene rings is 2. The molecule has 0 saturated heterocycles. The van der Waals surface area contributed by atoms with Gasteiger partial charge in [0.05, 0.1) is 0 Å². The Bertz CT molecular complexity index is 726. The van der Waals surface area contributed by atoms with Crippen molar-refractivity contribution in [2.45, 2.75) is 6.92 Å². The first kappa shape index (κ1) is 17.0. The largest absolute Gasteiger partial charge is 0.452 e. The molecule has 2 rings (SSSR count). The van der Waals surface area contributed by atoms with Gasteiger partial charge in [-0.3, -0.25) is 4.79 Å². The minimum Gasteiger partial charge on any atom is -0.452 e. The van der Waals surface area contributed by atoms with Crippen LogP contribution in [0.2, 0.25) is 0 Å². The monoisotopic (exact) mass is 373 g/mol. The fourth-order valence-electron chi connectivity index (χ4n) is 1.83. The van der Waals surface area contributed by atoms with E-state index in [0.29, 0.717) is 5.69 Å². The molecule has 0 aliphatic carbocycles. The standard InChI is InChI=1S/C18H16BrNO3/c1-13-11-15(8-9-16(13)19)20-17(21)12-23-18(22)10-7-14-5-3-2-4-6-14/h2-11H,12H2,1H3,(H,20,21). The van der Waals surface area contributed by atoms with Gasteiger partial charge in [0.1, 0.15) is 0 Å². The summed E-state index contributed by atoms with van der Waals surface area (Å²) < 4.78 is 5.87. The van der Waals surface area contributed by atoms with Gasteiger partial charge in [0, 0.05) is 16.2 Å². The molecule has 0 aliphatic rings. The van der Waals surface area contributed by atoms with Crippen LogP contribution in [0.25, 0.3) is 6.08 Å². The van der Waals surface area contributed by atoms with Gasteiger partial charge in [-0.15, -0.1) is 0 Å². The zero-order valence-electron chi connectivity index (χ0n) is 12.6. The molecular formula is C18H16BrNO3. The zero-order chi connectivity index (χ0) is 16.7. The van der Waals surface area contributed by atoms with Crippen LogP contribution in [0.1, 0.15) is 11.1 Å². The minimum atomic E-state index is -0.559. The van der Waals surface area contributed by atoms with E-state index in [1.54, 1.807) is 12.1 Å². The van der Waals surface area contributed by atoms with Gasteiger partial charge < -0.3 is 10.1 Å². The molecule has 0 fully saturated rings. The molecule has 0 atom stereocenters. The Hall–Kier alpha value is -2.40. The molecule has 0 aliphatic heterocycles. The third-order valence-corrected chi connectivity index (χ3v) is 3.89. The molecule has 0 radical (unpaired) electrons. The summed E-state index contributed by atoms with van der Waals surface area (Å²) in [6, 6.07) is 14.8. The molecule has 5 heteroatoms. The second-order valence-electron chi connectivity index (χ2n) is 4.86. The molecule has 2 aromatic carbocycles. The van der Waals surface area contributed by atoms with Crippen molar-refractivity contribution in [2.75, 3.05) is 11.9 Å². The summed E-state index contributed by atoms with van der Waals surface area (Å²) in [6.07, 6.45) is 2.94. The van der Waals surface area contributed by atoms with Gasteiger partial charge in [-0.2, -0.15) is 0 Å². The van der Waals surface area contributed by atoms with Gasteiger partial charge in [-0.25, -0.2) is 4.79 Å². The van der Waals surface area contributed by atoms with Crippen molar-refractivity contribution in [1.29, 1.82) is 0 Å². The molecule has 2 aromatic rings. The van der Waals surface area contributed by atoms with Gasteiger partial charge in [0.2, 0.25) is 0 Å². The lowest BCUT2D eigenvalue weighted by atomic mass is 10.2. The van der Waals surface area contributed by atoms with Crippen LogP contribution in [0.5, 0.6) is 0 Å². The Morgan fingerprint density at radius 3 is 2.61 bits per heavy atom. The topological polar surface area (TPSA) is 55.4 Å². The van der Waals surface area contributed by atoms with E-state index in [-0.39, 0.29) is 12.5 Å². The highest BCUT2D eigenvalue weighted by Gasteiger charge is 2.06. The first-order valence-electron chi connectivity index (χ1n) is 7.00. The maximum Gasteiger partial charge on any atom is 0.331 e. The molecule has 1 amide bonds. The molecule has 0 aromatic heterocycles. The molecule has 118 valence electrons. The number of anilines is 1. The average molecular weight is 374 g/mol. The summed E-state index contributed by atoms with van der Waals surface area (Å²) in [5.41, 5.74) is 2.55. The Labute approximate surface area is 143 Å². The Kier molecular flexibility index (Phi) is 6.11. The van der Waals surface area contributed by atoms with E-state index in [1.165, 1.54) is 6.08 Å². The highest BCUT2D eigenvalue weighted by Crippen LogP contribution is 2.19. The predicted molar refractivity (Wildman–Crippen MR) is 93.9 cm³/mol. The first-order valence-corrected chi connectivity index (χ1v) is 7.80. The van der Waals surface area contributed by atoms with Crippen LogP contribution in [0, 0.1) is 6.92 Å². The molecule has 0 spiro atoms. The number of rotatable bonds is 5. The number of carbonyl (C=O) groups excluding carboxylic acids is 2. The lowest BCUT2D eigenvalue weighted by Crippen LogP contribution is -2.20. The fourth-order valence-corrected chi connectivity index (χ4v) is 2.08. The maximum atomic E-state index is 11.8. The van der Waals surface area contributed by atoms with Crippen molar-refractivity contribution in [2.24, 2.45) is 0 Å². The number of nitrogens with one attached hydrogen (secondary N) is 1. The molecular weight excluding hydrogens is 358 g/mol. The van der Waals surface area contributed by atoms with Crippen LogP contribution in [0.3, 0.4) is 0 Å². The third kappa shape index (κ3) is 5.71. The van der Waals surface area contributed by atoms with Gasteiger partial charge in [-0.05, 0) is 42.3 Å². The second-order valence-corrected chi connectivity index (χ2v) is 5.72. The highest BCUT2D eigenvalue weighted by atomic mass is 79.9. The van der Waals surface area contributed by atoms with Crippen molar-refractivity contribution in [1.82, 2.24) is 0 Å². The first-order chi connectivity index (χ1) is 11.0. The van der Waals surface area contributed by atoms with Gasteiger partial charge >= 0.3 is 5.97 Å². The number of hydrogen-bond acceptors (Lipinski definition) is 3. The summed E-state index contributed by atoms with van der Waals surface area (Å²) in [5.74, 6) is -0.941. The number of aryl methyl sites for hydroxylation is 1. The average Bonchev–Trinajstić information content (AvgIpc) is 2.55. The highest BCUT2D eigenvalue weighted by molar-refractivity contribution is 9.10. The van der Waals surface area contributed by atoms with Crippen LogP contribution in [-0.2, 0) is 14.3 Å². The van der Waals surface area contributed by atoms with Crippen molar-refractivity contribution in [3.05, 3.63) is 70.2 Å². The van der Waals surface area contributed by atoms with E-state index < -0.39 is 5.97 Å². The molecule has 0 saturated carbocycles. The van der Waals surface area contributed by atoms with Gasteiger partial charge in [0.15, 0.2) is 6.61 Å². The summed E-state index contributed by atoms with van der Waals surface area (Å²) in [7, 11) is 0. The molecule has 1 N–H and O–H groups in total. The number of esters is 1. The third-order valence-electron chi connectivity index (χ3n) is 3.00. The number of hydrogen-bond donors (Lipinski definition) is 1. The number of amides is 1. The van der Waals surface area contributed by atoms with Crippen molar-refractivity contribution in [3.8, 4) is 0 Å². The van der Waals surface area contributed by atoms with Crippen LogP contribution in [0.15, 0.2) is 59.1 Å². The summed E-state index contributed by atoms with van der Waals surface area (Å²) in [6.45, 7) is 1.60. The summed E-state index contributed by atoms with van der Waals surface area (Å²) >= 11 is 3.39. The van der Waals surface area contributed by atoms with Crippen LogP contribution in [-0.4, -0.2) is 18.5 Å². The molecule has 23 heavy (non-hydrogen) atoms. The van der Waals surface area contributed by atoms with Crippen molar-refractivity contribution >= 4 is 39.6 Å². The van der Waals surface area contributed by atoms with Crippen molar-refractivity contribution in [3.63, 3.8) is 0 Å². The molecule has 0 heterocycles. The lowest BCUT2D eigenvalue weighted by molar-refractivity contribution is -0.142. The SMILES string of the molecule is Cc1cc(NC(=O)COC(=O)C=Cc2ccccc2)ccc1Br. The summed E-state index contributed by atoms with van der Waals surface area (Å²) in [5, 5.41) is 2.68. The fraction of sp³-hybridized carbons (Fsp3) is 0.111. The number of carbonyl (C=O) groups is 2. The van der Waals surface area contributed by atoms with Crippen LogP contribution < -0.4 is 5.32 Å². The molecule has 4 nitrogen and oxygen atoms in total. The van der Waals surface area contributed by atoms with Gasteiger partial charge in [-0.1, -0.05) is 46.3 Å². The second kappa shape index (κ2) is 8.29. The number of ether oxygens (including phenoxy) is 1. The number of halogens is 1.